The van der Waals surface area contributed by atoms with Gasteiger partial charge in [-0.1, -0.05) is 0 Å². The third kappa shape index (κ3) is 5.43. The Balaban J connectivity index is 1.75. The molecule has 0 aliphatic carbocycles. The van der Waals surface area contributed by atoms with Gasteiger partial charge in [-0.3, -0.25) is 19.8 Å². The van der Waals surface area contributed by atoms with E-state index >= 15 is 0 Å². The maximum absolute atomic E-state index is 13.1. The van der Waals surface area contributed by atoms with Crippen molar-refractivity contribution in [3.05, 3.63) is 33.9 Å². The van der Waals surface area contributed by atoms with E-state index in [0.29, 0.717) is 44.1 Å². The van der Waals surface area contributed by atoms with Gasteiger partial charge >= 0.3 is 0 Å². The van der Waals surface area contributed by atoms with E-state index < -0.39 is 4.92 Å². The van der Waals surface area contributed by atoms with Crippen LogP contribution in [-0.2, 0) is 4.74 Å². The number of hydrogen-bond acceptors (Lipinski definition) is 7. The lowest BCUT2D eigenvalue weighted by Crippen LogP contribution is -2.43. The van der Waals surface area contributed by atoms with Gasteiger partial charge in [-0.15, -0.1) is 0 Å². The van der Waals surface area contributed by atoms with Crippen molar-refractivity contribution in [2.45, 2.75) is 19.3 Å². The minimum Gasteiger partial charge on any atom is -0.379 e. The molecular formula is C20H27N5O4. The average molecular weight is 401 g/mol. The molecule has 0 radical (unpaired) electrons. The summed E-state index contributed by atoms with van der Waals surface area (Å²) in [4.78, 5) is 30.1. The van der Waals surface area contributed by atoms with E-state index in [9.17, 15) is 14.9 Å². The first-order valence-corrected chi connectivity index (χ1v) is 10.1. The number of carbonyl (C=O) groups is 1. The summed E-state index contributed by atoms with van der Waals surface area (Å²) in [5.41, 5.74) is 0.826. The van der Waals surface area contributed by atoms with Crippen molar-refractivity contribution in [1.29, 1.82) is 5.26 Å². The van der Waals surface area contributed by atoms with Crippen molar-refractivity contribution in [3.8, 4) is 6.07 Å². The highest BCUT2D eigenvalue weighted by Gasteiger charge is 2.25. The first-order chi connectivity index (χ1) is 14.1. The van der Waals surface area contributed by atoms with Crippen molar-refractivity contribution in [2.24, 2.45) is 0 Å². The first kappa shape index (κ1) is 21.0. The number of benzene rings is 1. The van der Waals surface area contributed by atoms with Gasteiger partial charge in [0.2, 0.25) is 0 Å². The number of nitriles is 1. The second-order valence-corrected chi connectivity index (χ2v) is 7.31. The average Bonchev–Trinajstić information content (AvgIpc) is 3.28. The lowest BCUT2D eigenvalue weighted by atomic mass is 10.1. The van der Waals surface area contributed by atoms with Gasteiger partial charge in [0.05, 0.1) is 30.6 Å². The zero-order valence-electron chi connectivity index (χ0n) is 16.6. The summed E-state index contributed by atoms with van der Waals surface area (Å²) < 4.78 is 5.34. The lowest BCUT2D eigenvalue weighted by molar-refractivity contribution is -0.384. The Labute approximate surface area is 170 Å². The zero-order valence-corrected chi connectivity index (χ0v) is 16.6. The van der Waals surface area contributed by atoms with Crippen molar-refractivity contribution < 1.29 is 14.5 Å². The number of nitro benzene ring substituents is 1. The van der Waals surface area contributed by atoms with Crippen molar-refractivity contribution >= 4 is 17.3 Å². The van der Waals surface area contributed by atoms with Gasteiger partial charge in [0.1, 0.15) is 5.69 Å². The normalized spacial score (nSPS) is 17.1. The number of nitrogens with zero attached hydrogens (tertiary/aromatic N) is 5. The molecule has 2 fully saturated rings. The number of nitro groups is 1. The molecular weight excluding hydrogens is 374 g/mol. The molecule has 0 aromatic heterocycles. The van der Waals surface area contributed by atoms with Crippen LogP contribution in [0.25, 0.3) is 0 Å². The number of amides is 1. The van der Waals surface area contributed by atoms with E-state index in [1.54, 1.807) is 17.0 Å². The van der Waals surface area contributed by atoms with Gasteiger partial charge in [-0.2, -0.15) is 5.26 Å². The Kier molecular flexibility index (Phi) is 7.38. The van der Waals surface area contributed by atoms with Crippen LogP contribution in [0.15, 0.2) is 18.2 Å². The molecule has 2 aliphatic rings. The third-order valence-corrected chi connectivity index (χ3v) is 5.44. The summed E-state index contributed by atoms with van der Waals surface area (Å²) in [5.74, 6) is -0.274. The summed E-state index contributed by atoms with van der Waals surface area (Å²) >= 11 is 0. The molecule has 0 saturated carbocycles. The van der Waals surface area contributed by atoms with Gasteiger partial charge in [0.25, 0.3) is 11.6 Å². The molecule has 0 unspecified atom stereocenters. The molecule has 0 bridgehead atoms. The lowest BCUT2D eigenvalue weighted by Gasteiger charge is -2.30. The summed E-state index contributed by atoms with van der Waals surface area (Å²) in [5, 5.41) is 20.6. The molecule has 9 nitrogen and oxygen atoms in total. The predicted molar refractivity (Wildman–Crippen MR) is 108 cm³/mol. The number of hydrogen-bond donors (Lipinski definition) is 0. The topological polar surface area (TPSA) is 103 Å². The largest absolute Gasteiger partial charge is 0.379 e. The Morgan fingerprint density at radius 2 is 1.93 bits per heavy atom. The number of carbonyl (C=O) groups excluding carboxylic acids is 1. The van der Waals surface area contributed by atoms with Crippen LogP contribution in [0.3, 0.4) is 0 Å². The van der Waals surface area contributed by atoms with Gasteiger partial charge in [0, 0.05) is 57.4 Å². The second-order valence-electron chi connectivity index (χ2n) is 7.31. The number of morpholine rings is 1. The molecule has 1 aromatic rings. The molecule has 9 heteroatoms. The van der Waals surface area contributed by atoms with Crippen LogP contribution in [0.4, 0.5) is 11.4 Å². The predicted octanol–water partition coefficient (Wildman–Crippen LogP) is 1.88. The van der Waals surface area contributed by atoms with E-state index in [1.807, 2.05) is 4.90 Å². The fraction of sp³-hybridized carbons (Fsp3) is 0.600. The van der Waals surface area contributed by atoms with E-state index in [-0.39, 0.29) is 18.0 Å². The van der Waals surface area contributed by atoms with Gasteiger partial charge in [0.15, 0.2) is 0 Å². The quantitative estimate of drug-likeness (QED) is 0.484. The minimum absolute atomic E-state index is 0.0360. The highest BCUT2D eigenvalue weighted by atomic mass is 16.6. The SMILES string of the molecule is N#CCCN(CCN1CCOCC1)C(=O)c1ccc(N2CCCC2)c([N+](=O)[O-])c1. The van der Waals surface area contributed by atoms with Crippen LogP contribution in [0.2, 0.25) is 0 Å². The summed E-state index contributed by atoms with van der Waals surface area (Å²) in [7, 11) is 0. The molecule has 1 amide bonds. The van der Waals surface area contributed by atoms with Crippen LogP contribution >= 0.6 is 0 Å². The maximum atomic E-state index is 13.1. The molecule has 2 aliphatic heterocycles. The Bertz CT molecular complexity index is 767. The van der Waals surface area contributed by atoms with Crippen LogP contribution < -0.4 is 4.90 Å². The van der Waals surface area contributed by atoms with Crippen LogP contribution in [0.5, 0.6) is 0 Å². The van der Waals surface area contributed by atoms with Crippen molar-refractivity contribution in [3.63, 3.8) is 0 Å². The van der Waals surface area contributed by atoms with Gasteiger partial charge in [-0.25, -0.2) is 0 Å². The third-order valence-electron chi connectivity index (χ3n) is 5.44. The van der Waals surface area contributed by atoms with Crippen LogP contribution in [0.1, 0.15) is 29.6 Å². The smallest absolute Gasteiger partial charge is 0.293 e. The number of anilines is 1. The highest BCUT2D eigenvalue weighted by molar-refractivity contribution is 5.95. The molecule has 29 heavy (non-hydrogen) atoms. The molecule has 2 heterocycles. The summed E-state index contributed by atoms with van der Waals surface area (Å²) in [6.45, 7) is 6.04. The second kappa shape index (κ2) is 10.2. The minimum atomic E-state index is -0.419. The van der Waals surface area contributed by atoms with Gasteiger partial charge < -0.3 is 14.5 Å². The van der Waals surface area contributed by atoms with Crippen LogP contribution in [0, 0.1) is 21.4 Å². The Hall–Kier alpha value is -2.70. The Morgan fingerprint density at radius 1 is 1.21 bits per heavy atom. The number of ether oxygens (including phenoxy) is 1. The fourth-order valence-electron chi connectivity index (χ4n) is 3.80. The maximum Gasteiger partial charge on any atom is 0.293 e. The van der Waals surface area contributed by atoms with Crippen molar-refractivity contribution in [2.75, 3.05) is 63.9 Å². The summed E-state index contributed by atoms with van der Waals surface area (Å²) in [6.07, 6.45) is 2.26. The molecule has 2 saturated heterocycles. The van der Waals surface area contributed by atoms with E-state index in [0.717, 1.165) is 39.0 Å². The molecule has 0 spiro atoms. The van der Waals surface area contributed by atoms with Crippen LogP contribution in [-0.4, -0.2) is 79.7 Å². The van der Waals surface area contributed by atoms with Gasteiger partial charge in [-0.05, 0) is 25.0 Å². The Morgan fingerprint density at radius 3 is 2.59 bits per heavy atom. The molecule has 0 N–H and O–H groups in total. The zero-order chi connectivity index (χ0) is 20.6. The molecule has 3 rings (SSSR count). The highest BCUT2D eigenvalue weighted by Crippen LogP contribution is 2.32. The fourth-order valence-corrected chi connectivity index (χ4v) is 3.80. The van der Waals surface area contributed by atoms with E-state index in [4.69, 9.17) is 10.00 Å². The molecule has 156 valence electrons. The summed E-state index contributed by atoms with van der Waals surface area (Å²) in [6, 6.07) is 6.80. The first-order valence-electron chi connectivity index (χ1n) is 10.1. The number of rotatable bonds is 8. The van der Waals surface area contributed by atoms with E-state index in [1.165, 1.54) is 6.07 Å². The van der Waals surface area contributed by atoms with E-state index in [2.05, 4.69) is 11.0 Å². The molecule has 1 aromatic carbocycles. The molecule has 0 atom stereocenters. The van der Waals surface area contributed by atoms with Crippen molar-refractivity contribution in [1.82, 2.24) is 9.80 Å². The monoisotopic (exact) mass is 401 g/mol. The standard InChI is InChI=1S/C20H27N5O4/c21-6-3-9-24(11-10-22-12-14-29-15-13-22)20(26)17-4-5-18(19(16-17)25(27)28)23-7-1-2-8-23/h4-5,16H,1-3,7-15H2.